The topological polar surface area (TPSA) is 32.3 Å². The highest BCUT2D eigenvalue weighted by atomic mass is 32.2. The Morgan fingerprint density at radius 1 is 0.897 bits per heavy atom. The van der Waals surface area contributed by atoms with Gasteiger partial charge in [0, 0.05) is 23.5 Å². The second-order valence-electron chi connectivity index (χ2n) is 7.07. The highest BCUT2D eigenvalue weighted by Gasteiger charge is 2.50. The normalized spacial score (nSPS) is 20.4. The maximum Gasteiger partial charge on any atom is 0.249 e. The molecule has 142 valence electrons. The molecule has 2 aliphatic rings. The molecule has 0 radical (unpaired) electrons. The van der Waals surface area contributed by atoms with Crippen molar-refractivity contribution in [1.29, 1.82) is 0 Å². The molecule has 0 saturated carbocycles. The lowest BCUT2D eigenvalue weighted by Gasteiger charge is -2.38. The van der Waals surface area contributed by atoms with Crippen molar-refractivity contribution in [2.75, 3.05) is 5.32 Å². The van der Waals surface area contributed by atoms with Gasteiger partial charge in [-0.3, -0.25) is 4.79 Å². The summed E-state index contributed by atoms with van der Waals surface area (Å²) in [6, 6.07) is 28.3. The Kier molecular flexibility index (Phi) is 4.49. The average Bonchev–Trinajstić information content (AvgIpc) is 3.02. The maximum atomic E-state index is 13.1. The Bertz CT molecular complexity index is 1130. The SMILES string of the molecule is O=C1Nc2ccccc2C12C=C(c1ccccc1)N(Cc1ccccc1)C(=S)S2. The molecule has 3 aromatic rings. The van der Waals surface area contributed by atoms with E-state index < -0.39 is 4.75 Å². The fourth-order valence-electron chi connectivity index (χ4n) is 3.85. The van der Waals surface area contributed by atoms with Gasteiger partial charge in [-0.05, 0) is 23.3 Å². The lowest BCUT2D eigenvalue weighted by molar-refractivity contribution is -0.116. The fraction of sp³-hybridized carbons (Fsp3) is 0.0833. The molecule has 1 spiro atoms. The third-order valence-electron chi connectivity index (χ3n) is 5.27. The predicted molar refractivity (Wildman–Crippen MR) is 123 cm³/mol. The number of nitrogens with one attached hydrogen (secondary N) is 1. The number of thiocarbonyl (C=S) groups is 1. The smallest absolute Gasteiger partial charge is 0.249 e. The summed E-state index contributed by atoms with van der Waals surface area (Å²) in [7, 11) is 0. The van der Waals surface area contributed by atoms with Crippen LogP contribution in [0.3, 0.4) is 0 Å². The van der Waals surface area contributed by atoms with Gasteiger partial charge < -0.3 is 10.2 Å². The third-order valence-corrected chi connectivity index (χ3v) is 6.98. The lowest BCUT2D eigenvalue weighted by atomic mass is 9.95. The summed E-state index contributed by atoms with van der Waals surface area (Å²) in [4.78, 5) is 15.3. The van der Waals surface area contributed by atoms with E-state index in [1.807, 2.05) is 60.7 Å². The van der Waals surface area contributed by atoms with Gasteiger partial charge in [0.1, 0.15) is 9.07 Å². The number of fused-ring (bicyclic) bond motifs is 2. The number of carbonyl (C=O) groups is 1. The first-order valence-corrected chi connectivity index (χ1v) is 10.6. The maximum absolute atomic E-state index is 13.1. The van der Waals surface area contributed by atoms with Gasteiger partial charge in [0.15, 0.2) is 0 Å². The summed E-state index contributed by atoms with van der Waals surface area (Å²) in [6.45, 7) is 0.659. The summed E-state index contributed by atoms with van der Waals surface area (Å²) in [5.41, 5.74) is 5.00. The first-order valence-electron chi connectivity index (χ1n) is 9.41. The van der Waals surface area contributed by atoms with Gasteiger partial charge >= 0.3 is 0 Å². The molecule has 29 heavy (non-hydrogen) atoms. The number of para-hydroxylation sites is 1. The van der Waals surface area contributed by atoms with Crippen LogP contribution in [0.1, 0.15) is 16.7 Å². The zero-order valence-electron chi connectivity index (χ0n) is 15.5. The van der Waals surface area contributed by atoms with E-state index in [2.05, 4.69) is 40.6 Å². The molecule has 2 heterocycles. The molecule has 2 aliphatic heterocycles. The van der Waals surface area contributed by atoms with E-state index in [0.29, 0.717) is 10.9 Å². The average molecular weight is 415 g/mol. The van der Waals surface area contributed by atoms with Crippen LogP contribution in [0.25, 0.3) is 5.70 Å². The Balaban J connectivity index is 1.67. The van der Waals surface area contributed by atoms with Crippen molar-refractivity contribution in [2.24, 2.45) is 0 Å². The molecular formula is C24H18N2OS2. The monoisotopic (exact) mass is 414 g/mol. The summed E-state index contributed by atoms with van der Waals surface area (Å²) < 4.78 is -0.145. The van der Waals surface area contributed by atoms with Gasteiger partial charge in [0.25, 0.3) is 0 Å². The molecule has 3 aromatic carbocycles. The highest BCUT2D eigenvalue weighted by molar-refractivity contribution is 8.24. The second-order valence-corrected chi connectivity index (χ2v) is 8.95. The van der Waals surface area contributed by atoms with Crippen LogP contribution in [0.2, 0.25) is 0 Å². The van der Waals surface area contributed by atoms with Crippen molar-refractivity contribution in [2.45, 2.75) is 11.3 Å². The number of hydrogen-bond donors (Lipinski definition) is 1. The second kappa shape index (κ2) is 7.17. The van der Waals surface area contributed by atoms with E-state index in [1.54, 1.807) is 0 Å². The van der Waals surface area contributed by atoms with Gasteiger partial charge in [-0.2, -0.15) is 0 Å². The number of benzene rings is 3. The van der Waals surface area contributed by atoms with Crippen LogP contribution in [0.15, 0.2) is 91.0 Å². The zero-order chi connectivity index (χ0) is 19.8. The molecule has 1 amide bonds. The van der Waals surface area contributed by atoms with Crippen LogP contribution in [0, 0.1) is 0 Å². The molecule has 5 rings (SSSR count). The van der Waals surface area contributed by atoms with Crippen molar-refractivity contribution in [3.05, 3.63) is 108 Å². The summed E-state index contributed by atoms with van der Waals surface area (Å²) >= 11 is 7.30. The number of anilines is 1. The minimum atomic E-state index is -0.841. The molecule has 0 aliphatic carbocycles. The van der Waals surface area contributed by atoms with Crippen molar-refractivity contribution >= 4 is 45.6 Å². The third kappa shape index (κ3) is 3.07. The van der Waals surface area contributed by atoms with Crippen LogP contribution in [0.5, 0.6) is 0 Å². The standard InChI is InChI=1S/C24H18N2OS2/c27-22-24(19-13-7-8-14-20(19)25-22)15-21(18-11-5-2-6-12-18)26(23(28)29-24)16-17-9-3-1-4-10-17/h1-15H,16H2,(H,25,27). The molecule has 5 heteroatoms. The molecular weight excluding hydrogens is 396 g/mol. The first kappa shape index (κ1) is 18.2. The number of carbonyl (C=O) groups excluding carboxylic acids is 1. The molecule has 0 saturated heterocycles. The summed E-state index contributed by atoms with van der Waals surface area (Å²) in [5.74, 6) is -0.0427. The highest BCUT2D eigenvalue weighted by Crippen LogP contribution is 2.52. The van der Waals surface area contributed by atoms with Gasteiger partial charge in [0.05, 0.1) is 0 Å². The lowest BCUT2D eigenvalue weighted by Crippen LogP contribution is -2.40. The Hall–Kier alpha value is -2.89. The van der Waals surface area contributed by atoms with Crippen LogP contribution < -0.4 is 5.32 Å². The summed E-state index contributed by atoms with van der Waals surface area (Å²) in [5, 5.41) is 3.03. The van der Waals surface area contributed by atoms with Crippen molar-refractivity contribution in [1.82, 2.24) is 4.90 Å². The van der Waals surface area contributed by atoms with Gasteiger partial charge in [-0.25, -0.2) is 0 Å². The molecule has 3 nitrogen and oxygen atoms in total. The Morgan fingerprint density at radius 2 is 1.55 bits per heavy atom. The van der Waals surface area contributed by atoms with Crippen LogP contribution >= 0.6 is 24.0 Å². The molecule has 1 unspecified atom stereocenters. The number of amides is 1. The Morgan fingerprint density at radius 3 is 2.31 bits per heavy atom. The number of rotatable bonds is 3. The first-order chi connectivity index (χ1) is 14.2. The molecule has 0 aromatic heterocycles. The molecule has 1 N–H and O–H groups in total. The van der Waals surface area contributed by atoms with E-state index in [0.717, 1.165) is 22.5 Å². The number of thioether (sulfide) groups is 1. The van der Waals surface area contributed by atoms with E-state index >= 15 is 0 Å². The molecule has 1 atom stereocenters. The van der Waals surface area contributed by atoms with Gasteiger partial charge in [-0.1, -0.05) is 103 Å². The van der Waals surface area contributed by atoms with Gasteiger partial charge in [0.2, 0.25) is 5.91 Å². The zero-order valence-corrected chi connectivity index (χ0v) is 17.2. The minimum absolute atomic E-state index is 0.0427. The number of hydrogen-bond acceptors (Lipinski definition) is 3. The van der Waals surface area contributed by atoms with Crippen molar-refractivity contribution in [3.63, 3.8) is 0 Å². The Labute approximate surface area is 179 Å². The quantitative estimate of drug-likeness (QED) is 0.581. The van der Waals surface area contributed by atoms with Crippen LogP contribution in [-0.4, -0.2) is 15.1 Å². The summed E-state index contributed by atoms with van der Waals surface area (Å²) in [6.07, 6.45) is 2.08. The van der Waals surface area contributed by atoms with Crippen LogP contribution in [0.4, 0.5) is 5.69 Å². The predicted octanol–water partition coefficient (Wildman–Crippen LogP) is 5.41. The minimum Gasteiger partial charge on any atom is -0.324 e. The van der Waals surface area contributed by atoms with Gasteiger partial charge in [-0.15, -0.1) is 0 Å². The van der Waals surface area contributed by atoms with E-state index in [-0.39, 0.29) is 5.91 Å². The molecule has 0 bridgehead atoms. The van der Waals surface area contributed by atoms with E-state index in [4.69, 9.17) is 12.2 Å². The largest absolute Gasteiger partial charge is 0.324 e. The van der Waals surface area contributed by atoms with Crippen molar-refractivity contribution in [3.8, 4) is 0 Å². The van der Waals surface area contributed by atoms with Crippen molar-refractivity contribution < 1.29 is 4.79 Å². The van der Waals surface area contributed by atoms with E-state index in [1.165, 1.54) is 17.3 Å². The molecule has 0 fully saturated rings. The fourth-order valence-corrected chi connectivity index (χ4v) is 5.56. The van der Waals surface area contributed by atoms with E-state index in [9.17, 15) is 4.79 Å². The number of nitrogens with zero attached hydrogens (tertiary/aromatic N) is 1. The van der Waals surface area contributed by atoms with Crippen LogP contribution in [-0.2, 0) is 16.1 Å².